The fraction of sp³-hybridized carbons (Fsp3) is 0.941. The van der Waals surface area contributed by atoms with E-state index >= 15 is 0 Å². The number of ether oxygens (including phenoxy) is 2. The minimum Gasteiger partial charge on any atom is -0.444 e. The van der Waals surface area contributed by atoms with E-state index < -0.39 is 5.60 Å². The maximum atomic E-state index is 12.4. The van der Waals surface area contributed by atoms with Crippen LogP contribution in [0.25, 0.3) is 0 Å². The van der Waals surface area contributed by atoms with Crippen molar-refractivity contribution in [2.45, 2.75) is 78.1 Å². The second kappa shape index (κ2) is 8.16. The molecule has 1 N–H and O–H groups in total. The minimum absolute atomic E-state index is 0.127. The number of rotatable bonds is 5. The second-order valence-electron chi connectivity index (χ2n) is 7.64. The van der Waals surface area contributed by atoms with Crippen molar-refractivity contribution >= 4 is 6.09 Å². The highest BCUT2D eigenvalue weighted by Gasteiger charge is 2.34. The first-order chi connectivity index (χ1) is 10.2. The number of nitrogens with one attached hydrogen (secondary N) is 1. The standard InChI is InChI=1S/C17H34N2O3/c1-12(2)15(11-21-7)18-14-9-8-10-19(13(14)3)16(20)22-17(4,5)6/h12-15,18H,8-11H2,1-7H3. The van der Waals surface area contributed by atoms with Gasteiger partial charge in [0, 0.05) is 31.8 Å². The van der Waals surface area contributed by atoms with Gasteiger partial charge in [0.15, 0.2) is 0 Å². The largest absolute Gasteiger partial charge is 0.444 e. The van der Waals surface area contributed by atoms with Crippen LogP contribution >= 0.6 is 0 Å². The predicted molar refractivity (Wildman–Crippen MR) is 89.1 cm³/mol. The van der Waals surface area contributed by atoms with Gasteiger partial charge in [0.25, 0.3) is 0 Å². The fourth-order valence-corrected chi connectivity index (χ4v) is 2.83. The van der Waals surface area contributed by atoms with Crippen LogP contribution in [0.15, 0.2) is 0 Å². The molecular formula is C17H34N2O3. The van der Waals surface area contributed by atoms with Crippen LogP contribution in [0.3, 0.4) is 0 Å². The zero-order valence-electron chi connectivity index (χ0n) is 15.3. The van der Waals surface area contributed by atoms with Gasteiger partial charge < -0.3 is 19.7 Å². The molecule has 1 aliphatic rings. The summed E-state index contributed by atoms with van der Waals surface area (Å²) in [5.41, 5.74) is -0.451. The first-order valence-electron chi connectivity index (χ1n) is 8.40. The van der Waals surface area contributed by atoms with Gasteiger partial charge >= 0.3 is 6.09 Å². The molecule has 1 fully saturated rings. The van der Waals surface area contributed by atoms with Crippen LogP contribution in [-0.2, 0) is 9.47 Å². The summed E-state index contributed by atoms with van der Waals surface area (Å²) >= 11 is 0. The average molecular weight is 314 g/mol. The molecule has 0 aromatic rings. The van der Waals surface area contributed by atoms with Crippen molar-refractivity contribution in [2.75, 3.05) is 20.3 Å². The molecule has 0 spiro atoms. The van der Waals surface area contributed by atoms with E-state index in [-0.39, 0.29) is 18.2 Å². The first kappa shape index (κ1) is 19.2. The van der Waals surface area contributed by atoms with Crippen molar-refractivity contribution in [1.82, 2.24) is 10.2 Å². The molecule has 0 radical (unpaired) electrons. The molecule has 0 bridgehead atoms. The molecule has 0 aromatic carbocycles. The maximum absolute atomic E-state index is 12.4. The highest BCUT2D eigenvalue weighted by atomic mass is 16.6. The van der Waals surface area contributed by atoms with Gasteiger partial charge in [0.1, 0.15) is 5.60 Å². The zero-order chi connectivity index (χ0) is 16.9. The van der Waals surface area contributed by atoms with E-state index in [0.717, 1.165) is 19.4 Å². The third-order valence-electron chi connectivity index (χ3n) is 4.20. The van der Waals surface area contributed by atoms with Crippen LogP contribution in [-0.4, -0.2) is 55.0 Å². The molecule has 0 aromatic heterocycles. The molecular weight excluding hydrogens is 280 g/mol. The summed E-state index contributed by atoms with van der Waals surface area (Å²) in [5.74, 6) is 0.490. The number of likely N-dealkylation sites (tertiary alicyclic amines) is 1. The Balaban J connectivity index is 2.68. The molecule has 5 heteroatoms. The Kier molecular flexibility index (Phi) is 7.13. The van der Waals surface area contributed by atoms with Crippen molar-refractivity contribution in [1.29, 1.82) is 0 Å². The topological polar surface area (TPSA) is 50.8 Å². The summed E-state index contributed by atoms with van der Waals surface area (Å²) in [6, 6.07) is 0.710. The van der Waals surface area contributed by atoms with Crippen LogP contribution in [0.5, 0.6) is 0 Å². The van der Waals surface area contributed by atoms with E-state index in [1.165, 1.54) is 0 Å². The quantitative estimate of drug-likeness (QED) is 0.847. The summed E-state index contributed by atoms with van der Waals surface area (Å²) in [6.07, 6.45) is 1.87. The molecule has 22 heavy (non-hydrogen) atoms. The van der Waals surface area contributed by atoms with Crippen LogP contribution in [0.4, 0.5) is 4.79 Å². The number of carbonyl (C=O) groups is 1. The van der Waals surface area contributed by atoms with E-state index in [9.17, 15) is 4.79 Å². The van der Waals surface area contributed by atoms with Crippen LogP contribution in [0.1, 0.15) is 54.4 Å². The number of methoxy groups -OCH3 is 1. The van der Waals surface area contributed by atoms with E-state index in [4.69, 9.17) is 9.47 Å². The van der Waals surface area contributed by atoms with Crippen molar-refractivity contribution in [3.8, 4) is 0 Å². The first-order valence-corrected chi connectivity index (χ1v) is 8.40. The van der Waals surface area contributed by atoms with Crippen LogP contribution in [0, 0.1) is 5.92 Å². The lowest BCUT2D eigenvalue weighted by molar-refractivity contribution is 0.00480. The molecule has 1 amide bonds. The van der Waals surface area contributed by atoms with E-state index in [2.05, 4.69) is 26.1 Å². The summed E-state index contributed by atoms with van der Waals surface area (Å²) in [6.45, 7) is 13.7. The Morgan fingerprint density at radius 1 is 1.36 bits per heavy atom. The molecule has 3 atom stereocenters. The summed E-state index contributed by atoms with van der Waals surface area (Å²) in [4.78, 5) is 14.2. The lowest BCUT2D eigenvalue weighted by Gasteiger charge is -2.42. The third-order valence-corrected chi connectivity index (χ3v) is 4.20. The predicted octanol–water partition coefficient (Wildman–Crippen LogP) is 3.04. The van der Waals surface area contributed by atoms with Crippen molar-refractivity contribution in [2.24, 2.45) is 5.92 Å². The highest BCUT2D eigenvalue weighted by Crippen LogP contribution is 2.22. The van der Waals surface area contributed by atoms with Gasteiger partial charge in [0.2, 0.25) is 0 Å². The minimum atomic E-state index is -0.451. The maximum Gasteiger partial charge on any atom is 0.410 e. The van der Waals surface area contributed by atoms with E-state index in [0.29, 0.717) is 18.6 Å². The summed E-state index contributed by atoms with van der Waals surface area (Å²) in [5, 5.41) is 3.68. The van der Waals surface area contributed by atoms with Gasteiger partial charge in [-0.15, -0.1) is 0 Å². The number of carbonyl (C=O) groups excluding carboxylic acids is 1. The van der Waals surface area contributed by atoms with Crippen molar-refractivity contribution in [3.63, 3.8) is 0 Å². The Labute approximate surface area is 135 Å². The molecule has 130 valence electrons. The molecule has 0 saturated carbocycles. The molecule has 1 rings (SSSR count). The third kappa shape index (κ3) is 5.76. The molecule has 3 unspecified atom stereocenters. The van der Waals surface area contributed by atoms with Gasteiger partial charge in [-0.3, -0.25) is 0 Å². The molecule has 0 aliphatic carbocycles. The average Bonchev–Trinajstić information content (AvgIpc) is 2.38. The van der Waals surface area contributed by atoms with Gasteiger partial charge in [-0.25, -0.2) is 4.79 Å². The lowest BCUT2D eigenvalue weighted by atomic mass is 9.95. The van der Waals surface area contributed by atoms with Crippen molar-refractivity contribution < 1.29 is 14.3 Å². The number of nitrogens with zero attached hydrogens (tertiary/aromatic N) is 1. The Hall–Kier alpha value is -0.810. The van der Waals surface area contributed by atoms with E-state index in [1.54, 1.807) is 7.11 Å². The molecule has 5 nitrogen and oxygen atoms in total. The molecule has 1 heterocycles. The molecule has 1 saturated heterocycles. The van der Waals surface area contributed by atoms with Crippen LogP contribution < -0.4 is 5.32 Å². The van der Waals surface area contributed by atoms with Gasteiger partial charge in [0.05, 0.1) is 6.61 Å². The Morgan fingerprint density at radius 3 is 2.50 bits per heavy atom. The SMILES string of the molecule is COCC(NC1CCCN(C(=O)OC(C)(C)C)C1C)C(C)C. The summed E-state index contributed by atoms with van der Waals surface area (Å²) < 4.78 is 10.8. The Morgan fingerprint density at radius 2 is 2.00 bits per heavy atom. The van der Waals surface area contributed by atoms with Gasteiger partial charge in [-0.2, -0.15) is 0 Å². The van der Waals surface area contributed by atoms with E-state index in [1.807, 2.05) is 25.7 Å². The number of piperidine rings is 1. The Bertz CT molecular complexity index is 352. The monoisotopic (exact) mass is 314 g/mol. The lowest BCUT2D eigenvalue weighted by Crippen LogP contribution is -2.58. The zero-order valence-corrected chi connectivity index (χ0v) is 15.3. The van der Waals surface area contributed by atoms with Gasteiger partial charge in [-0.1, -0.05) is 13.8 Å². The number of amides is 1. The van der Waals surface area contributed by atoms with Crippen molar-refractivity contribution in [3.05, 3.63) is 0 Å². The second-order valence-corrected chi connectivity index (χ2v) is 7.64. The fourth-order valence-electron chi connectivity index (χ4n) is 2.83. The molecule has 1 aliphatic heterocycles. The highest BCUT2D eigenvalue weighted by molar-refractivity contribution is 5.68. The number of hydrogen-bond donors (Lipinski definition) is 1. The normalized spacial score (nSPS) is 24.5. The smallest absolute Gasteiger partial charge is 0.410 e. The van der Waals surface area contributed by atoms with Gasteiger partial charge in [-0.05, 0) is 46.5 Å². The van der Waals surface area contributed by atoms with Crippen LogP contribution in [0.2, 0.25) is 0 Å². The number of hydrogen-bond acceptors (Lipinski definition) is 4. The summed E-state index contributed by atoms with van der Waals surface area (Å²) in [7, 11) is 1.73.